The van der Waals surface area contributed by atoms with E-state index in [0.29, 0.717) is 31.2 Å². The Labute approximate surface area is 191 Å². The van der Waals surface area contributed by atoms with Crippen molar-refractivity contribution >= 4 is 17.2 Å². The standard InChI is InChI=1S/C25H26N2O4S/c1-29-19-8-6-17(7-9-19)21(27-10-12-30-13-11-27)15-26-25(28)23-14-18-16-31-22-5-3-2-4-20(22)24(18)32-23/h2-9,14,21H,10-13,15-16H2,1H3,(H,26,28)/t21-/m0/s1. The SMILES string of the molecule is COc1ccc([C@H](CNC(=O)c2cc3c(s2)-c2ccccc2OC3)N2CCOCC2)cc1. The second-order valence-electron chi connectivity index (χ2n) is 7.90. The Balaban J connectivity index is 1.33. The Kier molecular flexibility index (Phi) is 6.12. The van der Waals surface area contributed by atoms with Gasteiger partial charge in [-0.25, -0.2) is 0 Å². The Hall–Kier alpha value is -2.87. The van der Waals surface area contributed by atoms with Crippen molar-refractivity contribution in [3.8, 4) is 21.9 Å². The zero-order valence-electron chi connectivity index (χ0n) is 18.0. The fourth-order valence-electron chi connectivity index (χ4n) is 4.26. The normalized spacial score (nSPS) is 16.4. The van der Waals surface area contributed by atoms with Gasteiger partial charge in [0.25, 0.3) is 5.91 Å². The number of fused-ring (bicyclic) bond motifs is 3. The van der Waals surface area contributed by atoms with Crippen LogP contribution in [0.5, 0.6) is 11.5 Å². The Morgan fingerprint density at radius 1 is 1.16 bits per heavy atom. The average molecular weight is 451 g/mol. The molecule has 3 aromatic rings. The molecular weight excluding hydrogens is 424 g/mol. The van der Waals surface area contributed by atoms with Crippen LogP contribution in [0.25, 0.3) is 10.4 Å². The summed E-state index contributed by atoms with van der Waals surface area (Å²) in [6.45, 7) is 4.12. The molecule has 7 heteroatoms. The van der Waals surface area contributed by atoms with Gasteiger partial charge in [0.2, 0.25) is 0 Å². The lowest BCUT2D eigenvalue weighted by Crippen LogP contribution is -2.43. The molecule has 0 unspecified atom stereocenters. The molecule has 3 heterocycles. The molecule has 0 radical (unpaired) electrons. The topological polar surface area (TPSA) is 60.0 Å². The molecule has 2 aliphatic heterocycles. The van der Waals surface area contributed by atoms with Crippen LogP contribution >= 0.6 is 11.3 Å². The van der Waals surface area contributed by atoms with E-state index < -0.39 is 0 Å². The van der Waals surface area contributed by atoms with E-state index in [2.05, 4.69) is 22.3 Å². The predicted octanol–water partition coefficient (Wildman–Crippen LogP) is 4.12. The fraction of sp³-hybridized carbons (Fsp3) is 0.320. The van der Waals surface area contributed by atoms with Crippen LogP contribution < -0.4 is 14.8 Å². The lowest BCUT2D eigenvalue weighted by molar-refractivity contribution is 0.0162. The van der Waals surface area contributed by atoms with Crippen molar-refractivity contribution in [1.29, 1.82) is 0 Å². The van der Waals surface area contributed by atoms with Crippen molar-refractivity contribution in [3.63, 3.8) is 0 Å². The molecule has 0 aliphatic carbocycles. The Morgan fingerprint density at radius 3 is 2.72 bits per heavy atom. The van der Waals surface area contributed by atoms with Gasteiger partial charge < -0.3 is 19.5 Å². The Bertz CT molecular complexity index is 1090. The molecule has 0 saturated carbocycles. The van der Waals surface area contributed by atoms with Gasteiger partial charge in [-0.15, -0.1) is 11.3 Å². The second-order valence-corrected chi connectivity index (χ2v) is 8.95. The quantitative estimate of drug-likeness (QED) is 0.612. The lowest BCUT2D eigenvalue weighted by atomic mass is 10.0. The van der Waals surface area contributed by atoms with E-state index in [0.717, 1.165) is 46.2 Å². The maximum absolute atomic E-state index is 13.1. The molecule has 0 spiro atoms. The summed E-state index contributed by atoms with van der Waals surface area (Å²) in [4.78, 5) is 17.3. The van der Waals surface area contributed by atoms with Crippen LogP contribution in [0.15, 0.2) is 54.6 Å². The monoisotopic (exact) mass is 450 g/mol. The first-order chi connectivity index (χ1) is 15.7. The number of nitrogens with zero attached hydrogens (tertiary/aromatic N) is 1. The number of morpholine rings is 1. The maximum atomic E-state index is 13.1. The van der Waals surface area contributed by atoms with Gasteiger partial charge in [0.1, 0.15) is 18.1 Å². The van der Waals surface area contributed by atoms with Gasteiger partial charge in [-0.3, -0.25) is 9.69 Å². The van der Waals surface area contributed by atoms with Crippen molar-refractivity contribution in [2.45, 2.75) is 12.6 Å². The predicted molar refractivity (Wildman–Crippen MR) is 125 cm³/mol. The summed E-state index contributed by atoms with van der Waals surface area (Å²) in [6.07, 6.45) is 0. The minimum atomic E-state index is -0.0475. The highest BCUT2D eigenvalue weighted by Crippen LogP contribution is 2.42. The average Bonchev–Trinajstić information content (AvgIpc) is 3.30. The van der Waals surface area contributed by atoms with Crippen LogP contribution in [0.2, 0.25) is 0 Å². The minimum Gasteiger partial charge on any atom is -0.497 e. The third kappa shape index (κ3) is 4.24. The first-order valence-corrected chi connectivity index (χ1v) is 11.6. The molecule has 1 fully saturated rings. The van der Waals surface area contributed by atoms with Gasteiger partial charge in [0.05, 0.1) is 31.2 Å². The lowest BCUT2D eigenvalue weighted by Gasteiger charge is -2.35. The highest BCUT2D eigenvalue weighted by molar-refractivity contribution is 7.17. The van der Waals surface area contributed by atoms with Gasteiger partial charge in [0.15, 0.2) is 0 Å². The summed E-state index contributed by atoms with van der Waals surface area (Å²) < 4.78 is 16.7. The summed E-state index contributed by atoms with van der Waals surface area (Å²) in [5.74, 6) is 1.65. The van der Waals surface area contributed by atoms with Crippen LogP contribution in [0.1, 0.15) is 26.8 Å². The molecule has 1 atom stereocenters. The van der Waals surface area contributed by atoms with Gasteiger partial charge in [-0.1, -0.05) is 24.3 Å². The smallest absolute Gasteiger partial charge is 0.261 e. The molecule has 1 saturated heterocycles. The molecular formula is C25H26N2O4S. The van der Waals surface area contributed by atoms with Crippen molar-refractivity contribution in [3.05, 3.63) is 70.6 Å². The van der Waals surface area contributed by atoms with E-state index in [9.17, 15) is 4.79 Å². The third-order valence-electron chi connectivity index (χ3n) is 5.99. The van der Waals surface area contributed by atoms with E-state index in [1.165, 1.54) is 11.3 Å². The number of carbonyl (C=O) groups is 1. The van der Waals surface area contributed by atoms with Gasteiger partial charge in [-0.2, -0.15) is 0 Å². The zero-order chi connectivity index (χ0) is 21.9. The summed E-state index contributed by atoms with van der Waals surface area (Å²) in [6, 6.07) is 18.1. The molecule has 166 valence electrons. The van der Waals surface area contributed by atoms with E-state index >= 15 is 0 Å². The first kappa shape index (κ1) is 21.0. The van der Waals surface area contributed by atoms with Gasteiger partial charge >= 0.3 is 0 Å². The number of methoxy groups -OCH3 is 1. The Morgan fingerprint density at radius 2 is 1.94 bits per heavy atom. The van der Waals surface area contributed by atoms with Crippen molar-refractivity contribution < 1.29 is 19.0 Å². The largest absolute Gasteiger partial charge is 0.497 e. The number of hydrogen-bond donors (Lipinski definition) is 1. The molecule has 2 aromatic carbocycles. The summed E-state index contributed by atoms with van der Waals surface area (Å²) in [5.41, 5.74) is 3.28. The summed E-state index contributed by atoms with van der Waals surface area (Å²) in [7, 11) is 1.67. The number of nitrogens with one attached hydrogen (secondary N) is 1. The fourth-order valence-corrected chi connectivity index (χ4v) is 5.37. The molecule has 1 aromatic heterocycles. The van der Waals surface area contributed by atoms with E-state index in [-0.39, 0.29) is 11.9 Å². The molecule has 5 rings (SSSR count). The molecule has 2 aliphatic rings. The van der Waals surface area contributed by atoms with Crippen molar-refractivity contribution in [1.82, 2.24) is 10.2 Å². The molecule has 6 nitrogen and oxygen atoms in total. The number of benzene rings is 2. The summed E-state index contributed by atoms with van der Waals surface area (Å²) >= 11 is 1.53. The van der Waals surface area contributed by atoms with E-state index in [4.69, 9.17) is 14.2 Å². The summed E-state index contributed by atoms with van der Waals surface area (Å²) in [5, 5.41) is 3.17. The minimum absolute atomic E-state index is 0.0475. The van der Waals surface area contributed by atoms with E-state index in [1.54, 1.807) is 7.11 Å². The van der Waals surface area contributed by atoms with Crippen LogP contribution in [0, 0.1) is 0 Å². The number of rotatable bonds is 6. The van der Waals surface area contributed by atoms with Crippen molar-refractivity contribution in [2.75, 3.05) is 40.0 Å². The highest BCUT2D eigenvalue weighted by atomic mass is 32.1. The number of thiophene rings is 1. The number of hydrogen-bond acceptors (Lipinski definition) is 6. The van der Waals surface area contributed by atoms with E-state index in [1.807, 2.05) is 42.5 Å². The first-order valence-electron chi connectivity index (χ1n) is 10.8. The van der Waals surface area contributed by atoms with Crippen LogP contribution in [0.3, 0.4) is 0 Å². The number of ether oxygens (including phenoxy) is 3. The number of carbonyl (C=O) groups excluding carboxylic acids is 1. The van der Waals surface area contributed by atoms with Gasteiger partial charge in [0, 0.05) is 35.6 Å². The number of amides is 1. The van der Waals surface area contributed by atoms with Gasteiger partial charge in [-0.05, 0) is 35.9 Å². The van der Waals surface area contributed by atoms with Crippen LogP contribution in [0.4, 0.5) is 0 Å². The highest BCUT2D eigenvalue weighted by Gasteiger charge is 2.25. The van der Waals surface area contributed by atoms with Crippen LogP contribution in [-0.2, 0) is 11.3 Å². The molecule has 0 bridgehead atoms. The molecule has 1 N–H and O–H groups in total. The van der Waals surface area contributed by atoms with Crippen molar-refractivity contribution in [2.24, 2.45) is 0 Å². The number of para-hydroxylation sites is 1. The maximum Gasteiger partial charge on any atom is 0.261 e. The third-order valence-corrected chi connectivity index (χ3v) is 7.20. The zero-order valence-corrected chi connectivity index (χ0v) is 18.8. The second kappa shape index (κ2) is 9.32. The molecule has 1 amide bonds. The van der Waals surface area contributed by atoms with Crippen LogP contribution in [-0.4, -0.2) is 50.8 Å². The molecule has 32 heavy (non-hydrogen) atoms.